The average molecular weight is 391 g/mol. The molecule has 0 fully saturated rings. The van der Waals surface area contributed by atoms with Gasteiger partial charge in [0.15, 0.2) is 5.76 Å². The van der Waals surface area contributed by atoms with Crippen LogP contribution >= 0.6 is 0 Å². The van der Waals surface area contributed by atoms with E-state index in [1.54, 1.807) is 13.8 Å². The number of aliphatic hydroxyl groups excluding tert-OH is 1. The number of ether oxygens (including phenoxy) is 1. The number of rotatable bonds is 4. The van der Waals surface area contributed by atoms with E-state index in [4.69, 9.17) is 9.15 Å². The lowest BCUT2D eigenvalue weighted by Crippen LogP contribution is -2.13. The Morgan fingerprint density at radius 1 is 1.29 bits per heavy atom. The number of aliphatic imine (C=N–C) groups is 1. The number of esters is 1. The van der Waals surface area contributed by atoms with E-state index in [2.05, 4.69) is 4.99 Å². The fraction of sp³-hybridized carbons (Fsp3) is 0.200. The quantitative estimate of drug-likeness (QED) is 0.731. The van der Waals surface area contributed by atoms with E-state index in [-0.39, 0.29) is 40.7 Å². The SMILES string of the molecule is CCOC(=O)C1=C(O)C(=Cc2ccc(-c3cccc(C(F)(F)F)c3)o2)N=C1C. The molecule has 0 radical (unpaired) electrons. The van der Waals surface area contributed by atoms with Crippen LogP contribution in [0.3, 0.4) is 0 Å². The summed E-state index contributed by atoms with van der Waals surface area (Å²) in [4.78, 5) is 16.0. The van der Waals surface area contributed by atoms with Gasteiger partial charge >= 0.3 is 12.1 Å². The number of halogens is 3. The number of hydrogen-bond acceptors (Lipinski definition) is 5. The van der Waals surface area contributed by atoms with Crippen LogP contribution in [-0.2, 0) is 15.7 Å². The summed E-state index contributed by atoms with van der Waals surface area (Å²) in [5.41, 5.74) is -0.148. The van der Waals surface area contributed by atoms with Crippen LogP contribution in [0.25, 0.3) is 17.4 Å². The molecule has 2 aromatic rings. The number of benzene rings is 1. The van der Waals surface area contributed by atoms with Crippen molar-refractivity contribution >= 4 is 17.8 Å². The van der Waals surface area contributed by atoms with Crippen LogP contribution in [0.5, 0.6) is 0 Å². The van der Waals surface area contributed by atoms with Gasteiger partial charge in [0.2, 0.25) is 0 Å². The Morgan fingerprint density at radius 2 is 2.04 bits per heavy atom. The third-order valence-electron chi connectivity index (χ3n) is 3.99. The molecule has 0 aliphatic carbocycles. The van der Waals surface area contributed by atoms with Crippen LogP contribution in [0, 0.1) is 0 Å². The lowest BCUT2D eigenvalue weighted by atomic mass is 10.1. The van der Waals surface area contributed by atoms with E-state index in [0.717, 1.165) is 12.1 Å². The first kappa shape index (κ1) is 19.5. The summed E-state index contributed by atoms with van der Waals surface area (Å²) in [5.74, 6) is -0.539. The first-order chi connectivity index (χ1) is 13.2. The molecule has 1 aliphatic rings. The van der Waals surface area contributed by atoms with Crippen LogP contribution < -0.4 is 0 Å². The third kappa shape index (κ3) is 3.85. The van der Waals surface area contributed by atoms with Gasteiger partial charge in [0.1, 0.15) is 22.8 Å². The highest BCUT2D eigenvalue weighted by Crippen LogP contribution is 2.33. The molecule has 0 saturated heterocycles. The molecule has 0 amide bonds. The number of furan rings is 1. The second kappa shape index (κ2) is 7.38. The molecule has 1 N–H and O–H groups in total. The number of aliphatic hydroxyl groups is 1. The smallest absolute Gasteiger partial charge is 0.416 e. The zero-order chi connectivity index (χ0) is 20.5. The summed E-state index contributed by atoms with van der Waals surface area (Å²) in [7, 11) is 0. The van der Waals surface area contributed by atoms with Gasteiger partial charge in [-0.05, 0) is 38.1 Å². The van der Waals surface area contributed by atoms with Crippen LogP contribution in [0.1, 0.15) is 25.2 Å². The van der Waals surface area contributed by atoms with Crippen LogP contribution in [0.4, 0.5) is 13.2 Å². The summed E-state index contributed by atoms with van der Waals surface area (Å²) in [5, 5.41) is 10.3. The van der Waals surface area contributed by atoms with Gasteiger partial charge in [0.25, 0.3) is 0 Å². The van der Waals surface area contributed by atoms with Crippen molar-refractivity contribution in [1.29, 1.82) is 0 Å². The summed E-state index contributed by atoms with van der Waals surface area (Å²) < 4.78 is 49.1. The van der Waals surface area contributed by atoms with Crippen molar-refractivity contribution in [1.82, 2.24) is 0 Å². The van der Waals surface area contributed by atoms with Crippen molar-refractivity contribution < 1.29 is 32.2 Å². The van der Waals surface area contributed by atoms with E-state index >= 15 is 0 Å². The third-order valence-corrected chi connectivity index (χ3v) is 3.99. The maximum absolute atomic E-state index is 12.9. The minimum Gasteiger partial charge on any atom is -0.505 e. The average Bonchev–Trinajstić information content (AvgIpc) is 3.20. The maximum Gasteiger partial charge on any atom is 0.416 e. The number of nitrogens with zero attached hydrogens (tertiary/aromatic N) is 1. The summed E-state index contributed by atoms with van der Waals surface area (Å²) in [6, 6.07) is 7.81. The number of carbonyl (C=O) groups is 1. The van der Waals surface area contributed by atoms with Gasteiger partial charge in [-0.25, -0.2) is 9.79 Å². The fourth-order valence-corrected chi connectivity index (χ4v) is 2.71. The van der Waals surface area contributed by atoms with Crippen LogP contribution in [-0.4, -0.2) is 23.4 Å². The van der Waals surface area contributed by atoms with Gasteiger partial charge in [0.05, 0.1) is 17.9 Å². The zero-order valence-corrected chi connectivity index (χ0v) is 15.0. The van der Waals surface area contributed by atoms with Gasteiger partial charge in [0, 0.05) is 11.6 Å². The van der Waals surface area contributed by atoms with Gasteiger partial charge in [-0.3, -0.25) is 0 Å². The monoisotopic (exact) mass is 391 g/mol. The summed E-state index contributed by atoms with van der Waals surface area (Å²) in [6.07, 6.45) is -3.06. The Labute approximate surface area is 158 Å². The Morgan fingerprint density at radius 3 is 2.71 bits per heavy atom. The molecule has 1 aromatic carbocycles. The summed E-state index contributed by atoms with van der Waals surface area (Å²) >= 11 is 0. The molecule has 2 heterocycles. The Hall–Kier alpha value is -3.29. The normalized spacial score (nSPS) is 15.9. The molecule has 1 aliphatic heterocycles. The lowest BCUT2D eigenvalue weighted by molar-refractivity contribution is -0.138. The van der Waals surface area contributed by atoms with Crippen LogP contribution in [0.2, 0.25) is 0 Å². The standard InChI is InChI=1S/C20H16F3NO4/c1-3-27-19(26)17-11(2)24-15(18(17)25)10-14-7-8-16(28-14)12-5-4-6-13(9-12)20(21,22)23/h4-10,25H,3H2,1-2H3. The van der Waals surface area contributed by atoms with Crippen LogP contribution in [0.15, 0.2) is 62.8 Å². The van der Waals surface area contributed by atoms with Crippen molar-refractivity contribution in [3.8, 4) is 11.3 Å². The first-order valence-electron chi connectivity index (χ1n) is 8.36. The predicted octanol–water partition coefficient (Wildman–Crippen LogP) is 5.16. The van der Waals surface area contributed by atoms with E-state index in [9.17, 15) is 23.1 Å². The van der Waals surface area contributed by atoms with E-state index in [1.165, 1.54) is 30.3 Å². The molecule has 0 bridgehead atoms. The van der Waals surface area contributed by atoms with Gasteiger partial charge in [-0.15, -0.1) is 0 Å². The zero-order valence-electron chi connectivity index (χ0n) is 15.0. The topological polar surface area (TPSA) is 72.0 Å². The highest BCUT2D eigenvalue weighted by molar-refractivity contribution is 6.22. The van der Waals surface area contributed by atoms with Gasteiger partial charge in [-0.1, -0.05) is 12.1 Å². The van der Waals surface area contributed by atoms with Crippen molar-refractivity contribution in [2.45, 2.75) is 20.0 Å². The number of carbonyl (C=O) groups excluding carboxylic acids is 1. The molecule has 28 heavy (non-hydrogen) atoms. The molecule has 0 unspecified atom stereocenters. The van der Waals surface area contributed by atoms with E-state index < -0.39 is 17.7 Å². The largest absolute Gasteiger partial charge is 0.505 e. The molecule has 5 nitrogen and oxygen atoms in total. The van der Waals surface area contributed by atoms with Crippen molar-refractivity contribution in [2.75, 3.05) is 6.61 Å². The molecule has 0 spiro atoms. The number of alkyl halides is 3. The Kier molecular flexibility index (Phi) is 5.13. The maximum atomic E-state index is 12.9. The molecule has 3 rings (SSSR count). The molecule has 146 valence electrons. The van der Waals surface area contributed by atoms with Crippen molar-refractivity contribution in [2.24, 2.45) is 4.99 Å². The van der Waals surface area contributed by atoms with E-state index in [1.807, 2.05) is 0 Å². The molecule has 8 heteroatoms. The van der Waals surface area contributed by atoms with Crippen molar-refractivity contribution in [3.05, 3.63) is 64.8 Å². The minimum absolute atomic E-state index is 0.0299. The first-order valence-corrected chi connectivity index (χ1v) is 8.36. The van der Waals surface area contributed by atoms with Gasteiger partial charge in [-0.2, -0.15) is 13.2 Å². The number of hydrogen-bond donors (Lipinski definition) is 1. The predicted molar refractivity (Wildman–Crippen MR) is 96.5 cm³/mol. The Balaban J connectivity index is 1.91. The highest BCUT2D eigenvalue weighted by atomic mass is 19.4. The molecule has 0 atom stereocenters. The molecule has 0 saturated carbocycles. The lowest BCUT2D eigenvalue weighted by Gasteiger charge is -2.07. The van der Waals surface area contributed by atoms with E-state index in [0.29, 0.717) is 5.71 Å². The molecular weight excluding hydrogens is 375 g/mol. The fourth-order valence-electron chi connectivity index (χ4n) is 2.71. The summed E-state index contributed by atoms with van der Waals surface area (Å²) in [6.45, 7) is 3.35. The Bertz CT molecular complexity index is 1010. The van der Waals surface area contributed by atoms with Gasteiger partial charge < -0.3 is 14.3 Å². The second-order valence-corrected chi connectivity index (χ2v) is 5.95. The molecule has 1 aromatic heterocycles. The van der Waals surface area contributed by atoms with Crippen molar-refractivity contribution in [3.63, 3.8) is 0 Å². The molecular formula is C20H16F3NO4. The minimum atomic E-state index is -4.45. The second-order valence-electron chi connectivity index (χ2n) is 5.95. The highest BCUT2D eigenvalue weighted by Gasteiger charge is 2.31.